The van der Waals surface area contributed by atoms with E-state index in [-0.39, 0.29) is 41.8 Å². The minimum atomic E-state index is -4.45. The molecular formula is C41H52N4O6S4. The summed E-state index contributed by atoms with van der Waals surface area (Å²) >= 11 is 13.6. The Kier molecular flexibility index (Phi) is 15.3. The van der Waals surface area contributed by atoms with Gasteiger partial charge < -0.3 is 10.2 Å². The molecule has 3 heterocycles. The SMILES string of the molecule is C=C/C=C(\C=C1/CN(CCS)[C@H](/C=C/C=C(/C=C/C=C2/N(CCS)c3ccc(S)cc3C2(C)C)CCC(=O)NCCN2C(=O)C=CC2=O)C1(C)C)S(=O)(=O)O. The summed E-state index contributed by atoms with van der Waals surface area (Å²) in [5.74, 6) is 0.261. The lowest BCUT2D eigenvalue weighted by Gasteiger charge is -2.30. The van der Waals surface area contributed by atoms with Gasteiger partial charge in [-0.2, -0.15) is 33.7 Å². The van der Waals surface area contributed by atoms with Gasteiger partial charge in [-0.25, -0.2) is 0 Å². The van der Waals surface area contributed by atoms with Crippen LogP contribution in [0.4, 0.5) is 5.69 Å². The molecule has 0 aliphatic carbocycles. The van der Waals surface area contributed by atoms with Crippen LogP contribution in [0.2, 0.25) is 0 Å². The maximum absolute atomic E-state index is 12.9. The van der Waals surface area contributed by atoms with Gasteiger partial charge >= 0.3 is 0 Å². The van der Waals surface area contributed by atoms with Gasteiger partial charge in [-0.15, -0.1) is 12.6 Å². The number of amides is 3. The van der Waals surface area contributed by atoms with Gasteiger partial charge in [0.05, 0.1) is 4.91 Å². The van der Waals surface area contributed by atoms with Crippen LogP contribution in [0.3, 0.4) is 0 Å². The number of anilines is 1. The topological polar surface area (TPSA) is 127 Å². The van der Waals surface area contributed by atoms with Gasteiger partial charge in [0.1, 0.15) is 0 Å². The van der Waals surface area contributed by atoms with Crippen molar-refractivity contribution >= 4 is 71.4 Å². The van der Waals surface area contributed by atoms with Gasteiger partial charge in [0.15, 0.2) is 0 Å². The number of carbonyl (C=O) groups excluding carboxylic acids is 3. The largest absolute Gasteiger partial charge is 0.354 e. The standard InChI is InChI=1S/C41H52N4O6S4/c1-6-9-32(55(49,50)51)26-30-28-43(22-24-52)35(40(30,2)3)12-7-10-29(14-17-37(46)42-20-21-45-38(47)18-19-39(45)48)11-8-13-36-41(4,5)33-27-31(54)15-16-34(33)44(36)23-25-53/h6-13,15-16,18-19,26-27,35,52-54H,1,14,17,20-25,28H2,2-5H3,(H,42,46)(H,49,50,51)/b11-8+,12-7+,29-10-,30-26+,32-9+,36-13+/t35-/m1/s1. The molecule has 4 rings (SSSR count). The maximum atomic E-state index is 12.9. The van der Waals surface area contributed by atoms with Crippen molar-refractivity contribution in [1.29, 1.82) is 0 Å². The van der Waals surface area contributed by atoms with Crippen molar-refractivity contribution in [3.05, 3.63) is 119 Å². The van der Waals surface area contributed by atoms with Gasteiger partial charge in [-0.05, 0) is 59.6 Å². The van der Waals surface area contributed by atoms with Crippen LogP contribution >= 0.6 is 37.9 Å². The zero-order chi connectivity index (χ0) is 40.6. The van der Waals surface area contributed by atoms with E-state index >= 15 is 0 Å². The Morgan fingerprint density at radius 2 is 1.69 bits per heavy atom. The van der Waals surface area contributed by atoms with Crippen molar-refractivity contribution < 1.29 is 27.4 Å². The first kappa shape index (κ1) is 44.2. The van der Waals surface area contributed by atoms with E-state index in [2.05, 4.69) is 97.7 Å². The fraction of sp³-hybridized carbons (Fsp3) is 0.390. The van der Waals surface area contributed by atoms with Crippen LogP contribution in [0.1, 0.15) is 46.1 Å². The van der Waals surface area contributed by atoms with Gasteiger partial charge in [-0.1, -0.05) is 70.7 Å². The molecule has 55 heavy (non-hydrogen) atoms. The van der Waals surface area contributed by atoms with Crippen LogP contribution in [0.5, 0.6) is 0 Å². The highest BCUT2D eigenvalue weighted by Crippen LogP contribution is 2.48. The van der Waals surface area contributed by atoms with E-state index in [1.807, 2.05) is 44.2 Å². The summed E-state index contributed by atoms with van der Waals surface area (Å²) in [6, 6.07) is 6.07. The monoisotopic (exact) mass is 824 g/mol. The van der Waals surface area contributed by atoms with Crippen LogP contribution in [0.25, 0.3) is 0 Å². The van der Waals surface area contributed by atoms with E-state index in [0.717, 1.165) is 38.9 Å². The fourth-order valence-electron chi connectivity index (χ4n) is 7.18. The molecule has 14 heteroatoms. The predicted molar refractivity (Wildman–Crippen MR) is 231 cm³/mol. The summed E-state index contributed by atoms with van der Waals surface area (Å²) in [7, 11) is -4.45. The summed E-state index contributed by atoms with van der Waals surface area (Å²) in [4.78, 5) is 43.0. The number of benzene rings is 1. The molecule has 1 fully saturated rings. The number of nitrogens with one attached hydrogen (secondary N) is 1. The molecule has 3 aliphatic heterocycles. The number of hydrogen-bond donors (Lipinski definition) is 5. The molecule has 10 nitrogen and oxygen atoms in total. The third-order valence-electron chi connectivity index (χ3n) is 10.2. The van der Waals surface area contributed by atoms with Gasteiger partial charge in [0.2, 0.25) is 5.91 Å². The molecule has 0 saturated carbocycles. The average Bonchev–Trinajstić information content (AvgIpc) is 3.63. The molecule has 1 atom stereocenters. The van der Waals surface area contributed by atoms with Crippen molar-refractivity contribution in [2.45, 2.75) is 56.9 Å². The Bertz CT molecular complexity index is 1970. The maximum Gasteiger partial charge on any atom is 0.294 e. The molecule has 3 amide bonds. The van der Waals surface area contributed by atoms with E-state index < -0.39 is 27.3 Å². The zero-order valence-corrected chi connectivity index (χ0v) is 35.3. The van der Waals surface area contributed by atoms with Crippen LogP contribution < -0.4 is 10.2 Å². The molecule has 3 aliphatic rings. The molecule has 1 aromatic carbocycles. The predicted octanol–water partition coefficient (Wildman–Crippen LogP) is 6.27. The van der Waals surface area contributed by atoms with Gasteiger partial charge in [0.25, 0.3) is 21.9 Å². The molecule has 0 bridgehead atoms. The summed E-state index contributed by atoms with van der Waals surface area (Å²) in [6.45, 7) is 14.2. The number of imide groups is 1. The summed E-state index contributed by atoms with van der Waals surface area (Å²) in [5.41, 5.74) is 4.37. The number of carbonyl (C=O) groups is 3. The van der Waals surface area contributed by atoms with E-state index in [4.69, 9.17) is 0 Å². The average molecular weight is 825 g/mol. The van der Waals surface area contributed by atoms with Crippen LogP contribution in [0, 0.1) is 5.41 Å². The second-order valence-electron chi connectivity index (χ2n) is 14.6. The number of nitrogens with zero attached hydrogens (tertiary/aromatic N) is 3. The molecule has 1 saturated heterocycles. The number of hydrogen-bond acceptors (Lipinski definition) is 10. The van der Waals surface area contributed by atoms with Crippen molar-refractivity contribution in [2.24, 2.45) is 5.41 Å². The Hall–Kier alpha value is -3.53. The minimum absolute atomic E-state index is 0.0937. The smallest absolute Gasteiger partial charge is 0.294 e. The van der Waals surface area contributed by atoms with E-state index in [1.54, 1.807) is 0 Å². The van der Waals surface area contributed by atoms with Crippen LogP contribution in [0.15, 0.2) is 118 Å². The van der Waals surface area contributed by atoms with Crippen molar-refractivity contribution in [3.63, 3.8) is 0 Å². The number of allylic oxidation sites excluding steroid dienone is 10. The van der Waals surface area contributed by atoms with Crippen molar-refractivity contribution in [3.8, 4) is 0 Å². The molecule has 1 aromatic rings. The molecular weight excluding hydrogens is 773 g/mol. The Morgan fingerprint density at radius 1 is 1.00 bits per heavy atom. The lowest BCUT2D eigenvalue weighted by Crippen LogP contribution is -2.38. The number of fused-ring (bicyclic) bond motifs is 1. The number of rotatable bonds is 17. The zero-order valence-electron chi connectivity index (χ0n) is 31.8. The molecule has 0 unspecified atom stereocenters. The van der Waals surface area contributed by atoms with E-state index in [1.165, 1.54) is 35.9 Å². The minimum Gasteiger partial charge on any atom is -0.354 e. The third kappa shape index (κ3) is 10.9. The molecule has 0 aromatic heterocycles. The fourth-order valence-corrected chi connectivity index (χ4v) is 8.40. The van der Waals surface area contributed by atoms with E-state index in [0.29, 0.717) is 31.0 Å². The Balaban J connectivity index is 1.62. The second-order valence-corrected chi connectivity index (χ2v) is 17.4. The Morgan fingerprint density at radius 3 is 2.33 bits per heavy atom. The Labute approximate surface area is 342 Å². The lowest BCUT2D eigenvalue weighted by molar-refractivity contribution is -0.137. The molecule has 296 valence electrons. The summed E-state index contributed by atoms with van der Waals surface area (Å²) < 4.78 is 34.0. The third-order valence-corrected chi connectivity index (χ3v) is 11.7. The second kappa shape index (κ2) is 19.1. The number of thiol groups is 3. The van der Waals surface area contributed by atoms with Crippen LogP contribution in [-0.2, 0) is 29.9 Å². The summed E-state index contributed by atoms with van der Waals surface area (Å²) in [6.07, 6.45) is 19.3. The first-order valence-corrected chi connectivity index (χ1v) is 21.3. The van der Waals surface area contributed by atoms with Gasteiger partial charge in [-0.3, -0.25) is 28.7 Å². The highest BCUT2D eigenvalue weighted by Gasteiger charge is 2.43. The van der Waals surface area contributed by atoms with Crippen molar-refractivity contribution in [1.82, 2.24) is 15.1 Å². The van der Waals surface area contributed by atoms with Gasteiger partial charge in [0, 0.05) is 96.0 Å². The quantitative estimate of drug-likeness (QED) is 0.0539. The normalized spacial score (nSPS) is 21.6. The molecule has 0 spiro atoms. The summed E-state index contributed by atoms with van der Waals surface area (Å²) in [5, 5.41) is 2.82. The highest BCUT2D eigenvalue weighted by atomic mass is 32.2. The number of likely N-dealkylation sites (tertiary alicyclic amines) is 1. The van der Waals surface area contributed by atoms with Crippen molar-refractivity contribution in [2.75, 3.05) is 49.1 Å². The lowest BCUT2D eigenvalue weighted by atomic mass is 9.80. The molecule has 0 radical (unpaired) electrons. The van der Waals surface area contributed by atoms with Crippen LogP contribution in [-0.4, -0.2) is 90.8 Å². The first-order valence-electron chi connectivity index (χ1n) is 18.1. The molecule has 2 N–H and O–H groups in total. The highest BCUT2D eigenvalue weighted by molar-refractivity contribution is 7.90. The van der Waals surface area contributed by atoms with E-state index in [9.17, 15) is 27.4 Å². The first-order chi connectivity index (χ1) is 25.9.